The molecule has 0 saturated heterocycles. The maximum Gasteiger partial charge on any atom is 0.213 e. The number of nitrogens with zero attached hydrogens (tertiary/aromatic N) is 3. The Morgan fingerprint density at radius 3 is 1.46 bits per heavy atom. The zero-order chi connectivity index (χ0) is 48.1. The predicted molar refractivity (Wildman–Crippen MR) is 290 cm³/mol. The lowest BCUT2D eigenvalue weighted by Gasteiger charge is -2.13. The van der Waals surface area contributed by atoms with Crippen molar-refractivity contribution in [1.29, 1.82) is 0 Å². The molecule has 0 atom stereocenters. The second-order valence-electron chi connectivity index (χ2n) is 22.2. The number of benzene rings is 6. The van der Waals surface area contributed by atoms with Crippen molar-refractivity contribution in [3.63, 3.8) is 0 Å². The number of aromatic nitrogens is 3. The van der Waals surface area contributed by atoms with E-state index in [4.69, 9.17) is 0 Å². The second-order valence-corrected chi connectivity index (χ2v) is 22.2. The van der Waals surface area contributed by atoms with E-state index in [0.717, 1.165) is 38.9 Å². The smallest absolute Gasteiger partial charge is 0.187 e. The van der Waals surface area contributed by atoms with E-state index in [1.54, 1.807) is 5.56 Å². The quantitative estimate of drug-likeness (QED) is 0.135. The molecule has 0 radical (unpaired) electrons. The number of rotatable bonds is 8. The monoisotopic (exact) mass is 907 g/mol. The van der Waals surface area contributed by atoms with E-state index in [1.807, 2.05) is 0 Å². The Labute approximate surface area is 412 Å². The van der Waals surface area contributed by atoms with Crippen LogP contribution in [-0.2, 0) is 45.3 Å². The van der Waals surface area contributed by atoms with Gasteiger partial charge in [0.25, 0.3) is 0 Å². The van der Waals surface area contributed by atoms with Crippen molar-refractivity contribution in [3.05, 3.63) is 196 Å². The second kappa shape index (κ2) is 19.2. The molecule has 3 aliphatic rings. The number of hydrogen-bond acceptors (Lipinski definition) is 0. The van der Waals surface area contributed by atoms with Gasteiger partial charge in [0, 0.05) is 69.2 Å². The number of hydrogen-bond donors (Lipinski definition) is 0. The van der Waals surface area contributed by atoms with Gasteiger partial charge in [0.2, 0.25) is 33.6 Å². The van der Waals surface area contributed by atoms with Crippen LogP contribution < -0.4 is 13.7 Å². The molecule has 0 amide bonds. The van der Waals surface area contributed by atoms with Crippen molar-refractivity contribution in [2.75, 3.05) is 0 Å². The third kappa shape index (κ3) is 9.38. The topological polar surface area (TPSA) is 11.6 Å². The highest BCUT2D eigenvalue weighted by Crippen LogP contribution is 2.36. The van der Waals surface area contributed by atoms with Gasteiger partial charge in [-0.15, -0.1) is 0 Å². The van der Waals surface area contributed by atoms with Crippen LogP contribution in [-0.4, -0.2) is 0 Å². The van der Waals surface area contributed by atoms with Crippen molar-refractivity contribution in [2.24, 2.45) is 23.7 Å². The number of pyridine rings is 3. The summed E-state index contributed by atoms with van der Waals surface area (Å²) in [5, 5.41) is 3.98. The molecule has 6 aromatic carbocycles. The number of fused-ring (bicyclic) bond motifs is 15. The van der Waals surface area contributed by atoms with E-state index in [9.17, 15) is 0 Å². The largest absolute Gasteiger partial charge is 0.213 e. The van der Waals surface area contributed by atoms with E-state index in [1.165, 1.54) is 117 Å². The van der Waals surface area contributed by atoms with Crippen LogP contribution in [0.25, 0.3) is 66.5 Å². The summed E-state index contributed by atoms with van der Waals surface area (Å²) in [6, 6.07) is 54.6. The molecule has 0 spiro atoms. The molecule has 348 valence electrons. The minimum absolute atomic E-state index is 0.684. The van der Waals surface area contributed by atoms with E-state index in [-0.39, 0.29) is 0 Å². The molecule has 3 heteroatoms. The van der Waals surface area contributed by atoms with Crippen LogP contribution in [0.4, 0.5) is 0 Å². The fourth-order valence-corrected chi connectivity index (χ4v) is 11.6. The normalized spacial score (nSPS) is 12.8. The van der Waals surface area contributed by atoms with E-state index in [0.29, 0.717) is 23.7 Å². The van der Waals surface area contributed by atoms with Crippen LogP contribution in [0, 0.1) is 37.5 Å². The van der Waals surface area contributed by atoms with Crippen LogP contribution in [0.1, 0.15) is 105 Å². The first-order valence-electron chi connectivity index (χ1n) is 25.9. The fraction of sp³-hybridized carbons (Fsp3) is 0.318. The zero-order valence-electron chi connectivity index (χ0n) is 43.0. The molecule has 0 fully saturated rings. The first kappa shape index (κ1) is 46.3. The highest BCUT2D eigenvalue weighted by atomic mass is 15.0. The lowest BCUT2D eigenvalue weighted by molar-refractivity contribution is -0.646. The lowest BCUT2D eigenvalue weighted by atomic mass is 9.90. The molecule has 3 aromatic heterocycles. The summed E-state index contributed by atoms with van der Waals surface area (Å²) < 4.78 is 7.44. The van der Waals surface area contributed by atoms with Crippen LogP contribution >= 0.6 is 0 Å². The van der Waals surface area contributed by atoms with Crippen molar-refractivity contribution in [3.8, 4) is 33.8 Å². The zero-order valence-corrected chi connectivity index (χ0v) is 43.0. The first-order valence-corrected chi connectivity index (χ1v) is 25.9. The van der Waals surface area contributed by atoms with Crippen molar-refractivity contribution >= 4 is 32.7 Å². The summed E-state index contributed by atoms with van der Waals surface area (Å²) >= 11 is 0. The molecular weight excluding hydrogens is 835 g/mol. The summed E-state index contributed by atoms with van der Waals surface area (Å²) in [5.41, 5.74) is 25.6. The molecule has 0 aliphatic carbocycles. The van der Waals surface area contributed by atoms with Crippen LogP contribution in [0.15, 0.2) is 146 Å². The van der Waals surface area contributed by atoms with Gasteiger partial charge in [0.05, 0.1) is 16.7 Å². The third-order valence-electron chi connectivity index (χ3n) is 14.5. The summed E-state index contributed by atoms with van der Waals surface area (Å²) in [4.78, 5) is 0. The van der Waals surface area contributed by atoms with Gasteiger partial charge in [-0.25, -0.2) is 0 Å². The van der Waals surface area contributed by atoms with Crippen molar-refractivity contribution < 1.29 is 13.7 Å². The van der Waals surface area contributed by atoms with Gasteiger partial charge in [-0.3, -0.25) is 0 Å². The predicted octanol–water partition coefficient (Wildman–Crippen LogP) is 14.9. The highest BCUT2D eigenvalue weighted by molar-refractivity contribution is 5.82. The van der Waals surface area contributed by atoms with E-state index in [2.05, 4.69) is 229 Å². The maximum atomic E-state index is 2.50. The number of aryl methyl sites for hydroxylation is 2. The van der Waals surface area contributed by atoms with Gasteiger partial charge < -0.3 is 0 Å². The minimum atomic E-state index is 0.684. The third-order valence-corrected chi connectivity index (χ3v) is 14.5. The molecule has 0 saturated carbocycles. The molecule has 69 heavy (non-hydrogen) atoms. The Bertz CT molecular complexity index is 3400. The Morgan fingerprint density at radius 1 is 0.377 bits per heavy atom. The van der Waals surface area contributed by atoms with E-state index >= 15 is 0 Å². The van der Waals surface area contributed by atoms with Crippen LogP contribution in [0.2, 0.25) is 0 Å². The molecule has 0 unspecified atom stereocenters. The lowest BCUT2D eigenvalue weighted by Crippen LogP contribution is -2.33. The van der Waals surface area contributed by atoms with Crippen LogP contribution in [0.3, 0.4) is 0 Å². The molecule has 3 nitrogen and oxygen atoms in total. The van der Waals surface area contributed by atoms with Gasteiger partial charge >= 0.3 is 0 Å². The summed E-state index contributed by atoms with van der Waals surface area (Å²) in [6.07, 6.45) is 4.62. The summed E-state index contributed by atoms with van der Waals surface area (Å²) in [7, 11) is 0. The Morgan fingerprint density at radius 2 is 0.841 bits per heavy atom. The summed E-state index contributed by atoms with van der Waals surface area (Å²) in [5.74, 6) is 2.77. The van der Waals surface area contributed by atoms with Crippen molar-refractivity contribution in [1.82, 2.24) is 0 Å². The Hall–Kier alpha value is -6.45. The summed E-state index contributed by atoms with van der Waals surface area (Å²) in [6.45, 7) is 25.8. The van der Waals surface area contributed by atoms with Gasteiger partial charge in [0.15, 0.2) is 19.6 Å². The van der Waals surface area contributed by atoms with Gasteiger partial charge in [-0.2, -0.15) is 13.7 Å². The molecule has 6 heterocycles. The standard InChI is InChI=1S/C24H28N.C22H24N.C20H20N/c1-16(2)11-18-13-20(12-17(3)4)22-15-25-23-8-6-5-7-19(23)9-10-24(25)21(22)14-18;1-14(2)9-17-5-6-18-7-8-21-19-11-15(3)10-16(4)20(19)13-23(21)22(18)12-17;1-14(2)11-15-7-8-17-13-21-19-6-4-3-5-16(19)9-10-20(21)18(17)12-15/h5-10,13-14,16-17H,11-12,15H2,1-4H3;5-8,10-12,14H,9,13H2,1-4H3;3-10,12,14H,11,13H2,1-2H3/q3*+1. The Kier molecular flexibility index (Phi) is 12.8. The minimum Gasteiger partial charge on any atom is -0.187 e. The van der Waals surface area contributed by atoms with Gasteiger partial charge in [-0.1, -0.05) is 110 Å². The SMILES string of the molecule is CC(C)Cc1cc(CC(C)C)c2c(c1)-c1ccc3ccccc3[n+]1C2.CC(C)Cc1ccc2c(c1)-c1ccc3ccccc3[n+]1C2.Cc1cc(C)c2c(c1)-c1ccc3ccc(CC(C)C)cc3[n+]1C2. The molecule has 3 aliphatic heterocycles. The average Bonchev–Trinajstić information content (AvgIpc) is 4.01. The molecule has 0 bridgehead atoms. The van der Waals surface area contributed by atoms with Crippen LogP contribution in [0.5, 0.6) is 0 Å². The molecule has 12 rings (SSSR count). The van der Waals surface area contributed by atoms with E-state index < -0.39 is 0 Å². The van der Waals surface area contributed by atoms with Crippen molar-refractivity contribution in [2.45, 2.75) is 115 Å². The Balaban J connectivity index is 0.000000121. The molecular formula is C66H72N3+3. The highest BCUT2D eigenvalue weighted by Gasteiger charge is 2.32. The first-order chi connectivity index (χ1) is 33.3. The van der Waals surface area contributed by atoms with Gasteiger partial charge in [-0.05, 0) is 151 Å². The maximum absolute atomic E-state index is 2.50. The number of para-hydroxylation sites is 2. The molecule has 0 N–H and O–H groups in total. The van der Waals surface area contributed by atoms with Gasteiger partial charge in [0.1, 0.15) is 0 Å². The average molecular weight is 907 g/mol. The fourth-order valence-electron chi connectivity index (χ4n) is 11.6. The molecule has 9 aromatic rings.